The van der Waals surface area contributed by atoms with Crippen LogP contribution < -0.4 is 9.47 Å². The molecule has 0 spiro atoms. The van der Waals surface area contributed by atoms with E-state index in [1.165, 1.54) is 0 Å². The molecule has 1 aliphatic heterocycles. The second kappa shape index (κ2) is 8.19. The normalized spacial score (nSPS) is 20.7. The molecule has 0 N–H and O–H groups in total. The van der Waals surface area contributed by atoms with Gasteiger partial charge in [0, 0.05) is 31.2 Å². The molecule has 1 aromatic carbocycles. The summed E-state index contributed by atoms with van der Waals surface area (Å²) in [5.41, 5.74) is 0.883. The van der Waals surface area contributed by atoms with Gasteiger partial charge in [-0.05, 0) is 31.2 Å². The highest BCUT2D eigenvalue weighted by molar-refractivity contribution is 5.44. The lowest BCUT2D eigenvalue weighted by atomic mass is 10.0. The highest BCUT2D eigenvalue weighted by Crippen LogP contribution is 2.33. The molecule has 1 heterocycles. The molecular weight excluding hydrogens is 290 g/mol. The van der Waals surface area contributed by atoms with Crippen LogP contribution in [0.5, 0.6) is 11.5 Å². The number of rotatable bonds is 6. The van der Waals surface area contributed by atoms with E-state index in [-0.39, 0.29) is 6.04 Å². The summed E-state index contributed by atoms with van der Waals surface area (Å²) in [6.07, 6.45) is 1.09. The van der Waals surface area contributed by atoms with E-state index in [0.717, 1.165) is 49.7 Å². The highest BCUT2D eigenvalue weighted by Gasteiger charge is 2.31. The molecule has 1 saturated heterocycles. The van der Waals surface area contributed by atoms with E-state index in [4.69, 9.17) is 9.47 Å². The third-order valence-electron chi connectivity index (χ3n) is 4.73. The number of benzene rings is 1. The Balaban J connectivity index is 2.28. The van der Waals surface area contributed by atoms with Crippen molar-refractivity contribution in [1.82, 2.24) is 9.80 Å². The Bertz CT molecular complexity index is 556. The van der Waals surface area contributed by atoms with Gasteiger partial charge in [-0.25, -0.2) is 0 Å². The zero-order chi connectivity index (χ0) is 16.8. The average Bonchev–Trinajstić information content (AvgIpc) is 2.61. The first kappa shape index (κ1) is 17.6. The van der Waals surface area contributed by atoms with Gasteiger partial charge >= 0.3 is 0 Å². The molecule has 23 heavy (non-hydrogen) atoms. The van der Waals surface area contributed by atoms with E-state index in [1.807, 2.05) is 18.2 Å². The van der Waals surface area contributed by atoms with Crippen molar-refractivity contribution >= 4 is 0 Å². The van der Waals surface area contributed by atoms with Crippen LogP contribution in [0.2, 0.25) is 0 Å². The van der Waals surface area contributed by atoms with Gasteiger partial charge in [0.05, 0.1) is 20.3 Å². The topological polar surface area (TPSA) is 48.7 Å². The molecule has 0 aliphatic carbocycles. The predicted octanol–water partition coefficient (Wildman–Crippen LogP) is 2.68. The van der Waals surface area contributed by atoms with Crippen molar-refractivity contribution in [3.8, 4) is 17.6 Å². The van der Waals surface area contributed by atoms with Gasteiger partial charge in [-0.15, -0.1) is 0 Å². The number of hydrogen-bond acceptors (Lipinski definition) is 5. The van der Waals surface area contributed by atoms with Crippen LogP contribution in [0.4, 0.5) is 0 Å². The van der Waals surface area contributed by atoms with Crippen molar-refractivity contribution in [3.63, 3.8) is 0 Å². The Kier molecular flexibility index (Phi) is 6.26. The van der Waals surface area contributed by atoms with Crippen molar-refractivity contribution in [2.45, 2.75) is 32.4 Å². The summed E-state index contributed by atoms with van der Waals surface area (Å²) in [7, 11) is 3.28. The van der Waals surface area contributed by atoms with Crippen LogP contribution in [0.15, 0.2) is 18.2 Å². The molecule has 0 saturated carbocycles. The van der Waals surface area contributed by atoms with E-state index in [1.54, 1.807) is 14.2 Å². The van der Waals surface area contributed by atoms with Crippen molar-refractivity contribution in [1.29, 1.82) is 5.26 Å². The van der Waals surface area contributed by atoms with Crippen molar-refractivity contribution in [2.75, 3.05) is 40.4 Å². The molecule has 0 aromatic heterocycles. The monoisotopic (exact) mass is 317 g/mol. The first-order valence-electron chi connectivity index (χ1n) is 8.28. The molecule has 1 fully saturated rings. The van der Waals surface area contributed by atoms with Crippen LogP contribution in [0.25, 0.3) is 0 Å². The summed E-state index contributed by atoms with van der Waals surface area (Å²) >= 11 is 0. The minimum Gasteiger partial charge on any atom is -0.497 e. The summed E-state index contributed by atoms with van der Waals surface area (Å²) in [5.74, 6) is 1.49. The summed E-state index contributed by atoms with van der Waals surface area (Å²) < 4.78 is 10.8. The van der Waals surface area contributed by atoms with Crippen LogP contribution in [-0.4, -0.2) is 56.2 Å². The lowest BCUT2D eigenvalue weighted by Crippen LogP contribution is -2.53. The van der Waals surface area contributed by atoms with Gasteiger partial charge < -0.3 is 9.47 Å². The summed E-state index contributed by atoms with van der Waals surface area (Å²) in [5, 5.41) is 9.80. The van der Waals surface area contributed by atoms with Gasteiger partial charge in [-0.3, -0.25) is 9.80 Å². The van der Waals surface area contributed by atoms with E-state index < -0.39 is 0 Å². The van der Waals surface area contributed by atoms with Crippen LogP contribution in [0, 0.1) is 11.3 Å². The number of methoxy groups -OCH3 is 2. The van der Waals surface area contributed by atoms with Gasteiger partial charge in [-0.1, -0.05) is 13.8 Å². The second-order valence-corrected chi connectivity index (χ2v) is 5.83. The maximum Gasteiger partial charge on any atom is 0.127 e. The standard InChI is InChI=1S/C18H27N3O2/c1-5-14-13-21(10-9-20(14)6-2)17(12-19)16-11-15(22-3)7-8-18(16)23-4/h7-8,11,14,17H,5-6,9-10,13H2,1-4H3. The fourth-order valence-electron chi connectivity index (χ4n) is 3.36. The number of likely N-dealkylation sites (N-methyl/N-ethyl adjacent to an activating group) is 1. The second-order valence-electron chi connectivity index (χ2n) is 5.83. The van der Waals surface area contributed by atoms with Crippen molar-refractivity contribution in [3.05, 3.63) is 23.8 Å². The number of piperazine rings is 1. The molecule has 1 aliphatic rings. The predicted molar refractivity (Wildman–Crippen MR) is 90.8 cm³/mol. The van der Waals surface area contributed by atoms with E-state index in [0.29, 0.717) is 6.04 Å². The molecule has 0 radical (unpaired) electrons. The molecule has 2 rings (SSSR count). The maximum absolute atomic E-state index is 9.80. The summed E-state index contributed by atoms with van der Waals surface area (Å²) in [6, 6.07) is 8.30. The van der Waals surface area contributed by atoms with E-state index >= 15 is 0 Å². The zero-order valence-electron chi connectivity index (χ0n) is 14.6. The number of nitrogens with zero attached hydrogens (tertiary/aromatic N) is 3. The number of nitriles is 1. The minimum atomic E-state index is -0.312. The molecule has 5 heteroatoms. The number of hydrogen-bond donors (Lipinski definition) is 0. The van der Waals surface area contributed by atoms with Gasteiger partial charge in [0.25, 0.3) is 0 Å². The van der Waals surface area contributed by atoms with Crippen LogP contribution in [0.3, 0.4) is 0 Å². The van der Waals surface area contributed by atoms with Crippen LogP contribution in [-0.2, 0) is 0 Å². The first-order chi connectivity index (χ1) is 11.2. The molecule has 2 unspecified atom stereocenters. The highest BCUT2D eigenvalue weighted by atomic mass is 16.5. The Labute approximate surface area is 139 Å². The fourth-order valence-corrected chi connectivity index (χ4v) is 3.36. The molecule has 5 nitrogen and oxygen atoms in total. The number of ether oxygens (including phenoxy) is 2. The quantitative estimate of drug-likeness (QED) is 0.807. The largest absolute Gasteiger partial charge is 0.497 e. The Morgan fingerprint density at radius 2 is 2.04 bits per heavy atom. The third kappa shape index (κ3) is 3.77. The Morgan fingerprint density at radius 1 is 1.26 bits per heavy atom. The molecular formula is C18H27N3O2. The maximum atomic E-state index is 9.80. The fraction of sp³-hybridized carbons (Fsp3) is 0.611. The van der Waals surface area contributed by atoms with Crippen LogP contribution in [0.1, 0.15) is 31.9 Å². The first-order valence-corrected chi connectivity index (χ1v) is 8.28. The molecule has 0 bridgehead atoms. The van der Waals surface area contributed by atoms with Gasteiger partial charge in [0.2, 0.25) is 0 Å². The Hall–Kier alpha value is -1.77. The van der Waals surface area contributed by atoms with Crippen molar-refractivity contribution < 1.29 is 9.47 Å². The molecule has 2 atom stereocenters. The molecule has 1 aromatic rings. The molecule has 126 valence electrons. The average molecular weight is 317 g/mol. The van der Waals surface area contributed by atoms with E-state index in [2.05, 4.69) is 29.7 Å². The van der Waals surface area contributed by atoms with Gasteiger partial charge in [0.1, 0.15) is 17.5 Å². The lowest BCUT2D eigenvalue weighted by Gasteiger charge is -2.42. The Morgan fingerprint density at radius 3 is 2.61 bits per heavy atom. The van der Waals surface area contributed by atoms with Crippen molar-refractivity contribution in [2.24, 2.45) is 0 Å². The van der Waals surface area contributed by atoms with Crippen LogP contribution >= 0.6 is 0 Å². The molecule has 0 amide bonds. The van der Waals surface area contributed by atoms with Gasteiger partial charge in [-0.2, -0.15) is 5.26 Å². The zero-order valence-corrected chi connectivity index (χ0v) is 14.6. The third-order valence-corrected chi connectivity index (χ3v) is 4.73. The lowest BCUT2D eigenvalue weighted by molar-refractivity contribution is 0.0617. The van der Waals surface area contributed by atoms with E-state index in [9.17, 15) is 5.26 Å². The SMILES string of the molecule is CCC1CN(C(C#N)c2cc(OC)ccc2OC)CCN1CC. The summed E-state index contributed by atoms with van der Waals surface area (Å²) in [4.78, 5) is 4.76. The minimum absolute atomic E-state index is 0.312. The summed E-state index contributed by atoms with van der Waals surface area (Å²) in [6.45, 7) is 8.27. The van der Waals surface area contributed by atoms with Gasteiger partial charge in [0.15, 0.2) is 0 Å². The smallest absolute Gasteiger partial charge is 0.127 e.